The molecule has 2 aromatic rings. The maximum atomic E-state index is 14.1. The fourth-order valence-electron chi connectivity index (χ4n) is 2.12. The summed E-state index contributed by atoms with van der Waals surface area (Å²) in [7, 11) is 0. The van der Waals surface area contributed by atoms with Crippen molar-refractivity contribution in [2.24, 2.45) is 0 Å². The second kappa shape index (κ2) is 9.59. The van der Waals surface area contributed by atoms with Crippen LogP contribution in [-0.2, 0) is 11.1 Å². The number of rotatable bonds is 7. The molecule has 166 valence electrons. The quantitative estimate of drug-likeness (QED) is 0.250. The first kappa shape index (κ1) is 28.2. The predicted octanol–water partition coefficient (Wildman–Crippen LogP) is 3.06. The number of hydrogen-bond donors (Lipinski definition) is 0. The largest absolute Gasteiger partial charge is 1.00 e. The van der Waals surface area contributed by atoms with E-state index in [1.807, 2.05) is 0 Å². The van der Waals surface area contributed by atoms with Crippen LogP contribution in [0.25, 0.3) is 11.1 Å². The summed E-state index contributed by atoms with van der Waals surface area (Å²) in [5, 5.41) is -12.8. The van der Waals surface area contributed by atoms with Gasteiger partial charge in [-0.15, -0.1) is 0 Å². The van der Waals surface area contributed by atoms with Gasteiger partial charge in [0.25, 0.3) is 0 Å². The van der Waals surface area contributed by atoms with Gasteiger partial charge in [0.05, 0.1) is 4.90 Å². The molecule has 1 unspecified atom stereocenters. The molecule has 15 heteroatoms. The van der Waals surface area contributed by atoms with Gasteiger partial charge in [-0.25, -0.2) is 8.78 Å². The molecular formula is C16H7F10NaO2S2. The summed E-state index contributed by atoms with van der Waals surface area (Å²) in [6, 6.07) is 8.02. The third-order valence-electron chi connectivity index (χ3n) is 3.67. The van der Waals surface area contributed by atoms with Crippen LogP contribution >= 0.6 is 11.8 Å². The molecule has 0 spiro atoms. The van der Waals surface area contributed by atoms with E-state index in [0.717, 1.165) is 0 Å². The van der Waals surface area contributed by atoms with Gasteiger partial charge in [0.2, 0.25) is 0 Å². The Bertz CT molecular complexity index is 934. The summed E-state index contributed by atoms with van der Waals surface area (Å²) >= 11 is -6.99. The molecule has 0 aliphatic rings. The summed E-state index contributed by atoms with van der Waals surface area (Å²) in [5.74, 6) is -17.9. The molecule has 1 atom stereocenters. The van der Waals surface area contributed by atoms with E-state index in [9.17, 15) is 52.7 Å². The minimum absolute atomic E-state index is 0. The van der Waals surface area contributed by atoms with Crippen molar-refractivity contribution in [1.29, 1.82) is 0 Å². The van der Waals surface area contributed by atoms with Crippen LogP contribution in [0.4, 0.5) is 43.9 Å². The summed E-state index contributed by atoms with van der Waals surface area (Å²) in [4.78, 5) is -1.86. The molecule has 0 fully saturated rings. The van der Waals surface area contributed by atoms with Gasteiger partial charge in [-0.3, -0.25) is 4.21 Å². The minimum Gasteiger partial charge on any atom is -0.768 e. The number of alkyl halides is 8. The number of benzene rings is 2. The van der Waals surface area contributed by atoms with Gasteiger partial charge in [0, 0.05) is 11.1 Å². The first-order chi connectivity index (χ1) is 13.6. The molecule has 0 bridgehead atoms. The normalized spacial score (nSPS) is 14.2. The van der Waals surface area contributed by atoms with Crippen molar-refractivity contribution in [3.05, 3.63) is 54.1 Å². The zero-order valence-electron chi connectivity index (χ0n) is 15.0. The third-order valence-corrected chi connectivity index (χ3v) is 5.45. The molecule has 0 aromatic heterocycles. The van der Waals surface area contributed by atoms with Crippen molar-refractivity contribution in [2.45, 2.75) is 27.2 Å². The summed E-state index contributed by atoms with van der Waals surface area (Å²) in [6.45, 7) is 0. The number of thioether (sulfide) groups is 1. The second-order valence-electron chi connectivity index (χ2n) is 5.65. The smallest absolute Gasteiger partial charge is 0.768 e. The zero-order valence-corrected chi connectivity index (χ0v) is 18.6. The molecule has 31 heavy (non-hydrogen) atoms. The SMILES string of the molecule is O=S([O-])C(F)(F)C(F)(F)C(F)(F)C(F)(F)Sc1c(F)cc(-c2ccccc2)cc1F.[Na+]. The van der Waals surface area contributed by atoms with E-state index in [2.05, 4.69) is 0 Å². The molecule has 0 radical (unpaired) electrons. The first-order valence-corrected chi connectivity index (χ1v) is 9.29. The van der Waals surface area contributed by atoms with E-state index >= 15 is 0 Å². The van der Waals surface area contributed by atoms with E-state index in [-0.39, 0.29) is 40.7 Å². The Balaban J connectivity index is 0.00000480. The van der Waals surface area contributed by atoms with Gasteiger partial charge in [0.15, 0.2) is 0 Å². The molecule has 2 rings (SSSR count). The topological polar surface area (TPSA) is 40.1 Å². The van der Waals surface area contributed by atoms with Crippen molar-refractivity contribution in [2.75, 3.05) is 0 Å². The van der Waals surface area contributed by atoms with Crippen LogP contribution in [0.15, 0.2) is 47.4 Å². The Morgan fingerprint density at radius 2 is 1.23 bits per heavy atom. The van der Waals surface area contributed by atoms with E-state index in [4.69, 9.17) is 0 Å². The predicted molar refractivity (Wildman–Crippen MR) is 86.4 cm³/mol. The van der Waals surface area contributed by atoms with Gasteiger partial charge < -0.3 is 4.55 Å². The van der Waals surface area contributed by atoms with Crippen LogP contribution in [0.1, 0.15) is 0 Å². The Morgan fingerprint density at radius 1 is 0.774 bits per heavy atom. The van der Waals surface area contributed by atoms with Crippen LogP contribution in [0, 0.1) is 11.6 Å². The maximum absolute atomic E-state index is 14.1. The Labute approximate surface area is 197 Å². The van der Waals surface area contributed by atoms with Gasteiger partial charge >= 0.3 is 51.9 Å². The number of halogens is 10. The molecule has 0 saturated heterocycles. The van der Waals surface area contributed by atoms with Gasteiger partial charge in [-0.1, -0.05) is 30.3 Å². The first-order valence-electron chi connectivity index (χ1n) is 7.40. The third kappa shape index (κ3) is 5.08. The fraction of sp³-hybridized carbons (Fsp3) is 0.250. The van der Waals surface area contributed by atoms with Crippen molar-refractivity contribution in [1.82, 2.24) is 0 Å². The molecule has 0 amide bonds. The average molecular weight is 508 g/mol. The van der Waals surface area contributed by atoms with E-state index in [0.29, 0.717) is 12.1 Å². The van der Waals surface area contributed by atoms with Crippen molar-refractivity contribution in [3.63, 3.8) is 0 Å². The second-order valence-corrected chi connectivity index (χ2v) is 7.76. The molecule has 0 aliphatic heterocycles. The van der Waals surface area contributed by atoms with Crippen LogP contribution in [-0.4, -0.2) is 31.1 Å². The monoisotopic (exact) mass is 508 g/mol. The summed E-state index contributed by atoms with van der Waals surface area (Å²) < 4.78 is 156. The average Bonchev–Trinajstić information content (AvgIpc) is 2.64. The van der Waals surface area contributed by atoms with Crippen LogP contribution in [0.2, 0.25) is 0 Å². The minimum atomic E-state index is -7.11. The van der Waals surface area contributed by atoms with Crippen molar-refractivity contribution < 1.29 is 82.2 Å². The molecule has 2 nitrogen and oxygen atoms in total. The summed E-state index contributed by atoms with van der Waals surface area (Å²) in [6.07, 6.45) is 0. The molecule has 0 aliphatic carbocycles. The molecule has 0 saturated carbocycles. The Morgan fingerprint density at radius 3 is 1.65 bits per heavy atom. The Hall–Kier alpha value is -0.800. The van der Waals surface area contributed by atoms with Crippen molar-refractivity contribution in [3.8, 4) is 11.1 Å². The van der Waals surface area contributed by atoms with Crippen LogP contribution in [0.5, 0.6) is 0 Å². The van der Waals surface area contributed by atoms with E-state index in [1.54, 1.807) is 0 Å². The van der Waals surface area contributed by atoms with Gasteiger partial charge in [-0.2, -0.15) is 35.1 Å². The standard InChI is InChI=1S/C16H8F10O2S2.Na/c17-10-6-9(8-4-2-1-3-5-8)7-11(18)12(10)29-15(23,24)13(19,20)14(21,22)16(25,26)30(27)28;/h1-7H,(H,27,28);/q;+1/p-1. The molecule has 2 aromatic carbocycles. The number of hydrogen-bond acceptors (Lipinski definition) is 3. The van der Waals surface area contributed by atoms with Gasteiger partial charge in [-0.05, 0) is 35.0 Å². The fourth-order valence-corrected chi connectivity index (χ4v) is 3.28. The van der Waals surface area contributed by atoms with E-state index < -0.39 is 61.7 Å². The van der Waals surface area contributed by atoms with Crippen molar-refractivity contribution >= 4 is 22.8 Å². The van der Waals surface area contributed by atoms with E-state index in [1.165, 1.54) is 30.3 Å². The van der Waals surface area contributed by atoms with Crippen LogP contribution < -0.4 is 29.6 Å². The van der Waals surface area contributed by atoms with Gasteiger partial charge in [0.1, 0.15) is 11.6 Å². The molecular weight excluding hydrogens is 501 g/mol. The zero-order chi connectivity index (χ0) is 23.1. The summed E-state index contributed by atoms with van der Waals surface area (Å²) in [5.41, 5.74) is -0.0309. The van der Waals surface area contributed by atoms with Crippen LogP contribution in [0.3, 0.4) is 0 Å². The molecule has 0 heterocycles. The Kier molecular flexibility index (Phi) is 8.74. The molecule has 0 N–H and O–H groups in total. The maximum Gasteiger partial charge on any atom is 1.00 e.